The maximum Gasteiger partial charge on any atom is 0.319 e. The molecule has 4 heteroatoms. The predicted octanol–water partition coefficient (Wildman–Crippen LogP) is 3.73. The molecule has 3 N–H and O–H groups in total. The summed E-state index contributed by atoms with van der Waals surface area (Å²) in [6, 6.07) is 5.94. The van der Waals surface area contributed by atoms with Crippen molar-refractivity contribution in [3.63, 3.8) is 0 Å². The summed E-state index contributed by atoms with van der Waals surface area (Å²) in [7, 11) is 0. The molecule has 0 spiro atoms. The lowest BCUT2D eigenvalue weighted by Crippen LogP contribution is -2.38. The van der Waals surface area contributed by atoms with Crippen LogP contribution >= 0.6 is 0 Å². The van der Waals surface area contributed by atoms with Gasteiger partial charge in [0.05, 0.1) is 6.10 Å². The number of amides is 2. The molecule has 0 saturated heterocycles. The van der Waals surface area contributed by atoms with E-state index >= 15 is 0 Å². The van der Waals surface area contributed by atoms with Gasteiger partial charge in [-0.2, -0.15) is 0 Å². The van der Waals surface area contributed by atoms with Gasteiger partial charge in [0.2, 0.25) is 0 Å². The summed E-state index contributed by atoms with van der Waals surface area (Å²) in [5, 5.41) is 15.4. The van der Waals surface area contributed by atoms with Crippen molar-refractivity contribution in [3.05, 3.63) is 29.3 Å². The first-order valence-corrected chi connectivity index (χ1v) is 8.12. The van der Waals surface area contributed by atoms with Crippen molar-refractivity contribution in [2.24, 2.45) is 5.41 Å². The molecule has 0 fully saturated rings. The lowest BCUT2D eigenvalue weighted by Gasteiger charge is -2.26. The smallest absolute Gasteiger partial charge is 0.319 e. The number of aliphatic hydroxyl groups excluding tert-OH is 1. The number of nitrogens with one attached hydrogen (secondary N) is 2. The molecule has 0 aliphatic rings. The highest BCUT2D eigenvalue weighted by molar-refractivity contribution is 5.91. The number of aliphatic hydroxyl groups is 1. The SMILES string of the molecule is CCc1cccc(CC)c1NC(=O)NCC(C)(C)CC(C)O. The summed E-state index contributed by atoms with van der Waals surface area (Å²) in [6.45, 7) is 10.6. The topological polar surface area (TPSA) is 61.4 Å². The minimum Gasteiger partial charge on any atom is -0.393 e. The van der Waals surface area contributed by atoms with Crippen molar-refractivity contribution in [1.29, 1.82) is 0 Å². The number of benzene rings is 1. The second-order valence-electron chi connectivity index (χ2n) is 6.68. The van der Waals surface area contributed by atoms with Gasteiger partial charge in [-0.3, -0.25) is 0 Å². The average Bonchev–Trinajstić information content (AvgIpc) is 2.44. The Hall–Kier alpha value is -1.55. The zero-order valence-corrected chi connectivity index (χ0v) is 14.5. The number of aryl methyl sites for hydroxylation is 2. The first-order valence-electron chi connectivity index (χ1n) is 8.12. The zero-order chi connectivity index (χ0) is 16.8. The molecule has 0 aliphatic heterocycles. The van der Waals surface area contributed by atoms with Crippen LogP contribution in [0, 0.1) is 5.41 Å². The monoisotopic (exact) mass is 306 g/mol. The maximum atomic E-state index is 12.2. The molecule has 0 heterocycles. The normalized spacial score (nSPS) is 12.8. The number of anilines is 1. The van der Waals surface area contributed by atoms with Crippen molar-refractivity contribution in [3.8, 4) is 0 Å². The lowest BCUT2D eigenvalue weighted by atomic mass is 9.87. The van der Waals surface area contributed by atoms with Gasteiger partial charge in [0.25, 0.3) is 0 Å². The molecule has 0 saturated carbocycles. The quantitative estimate of drug-likeness (QED) is 0.719. The molecule has 1 aromatic carbocycles. The number of para-hydroxylation sites is 1. The molecule has 1 unspecified atom stereocenters. The van der Waals surface area contributed by atoms with Gasteiger partial charge in [-0.05, 0) is 42.7 Å². The van der Waals surface area contributed by atoms with E-state index in [1.165, 1.54) is 0 Å². The van der Waals surface area contributed by atoms with Crippen molar-refractivity contribution in [1.82, 2.24) is 5.32 Å². The highest BCUT2D eigenvalue weighted by atomic mass is 16.3. The standard InChI is InChI=1S/C18H30N2O2/c1-6-14-9-8-10-15(7-2)16(14)20-17(22)19-12-18(4,5)11-13(3)21/h8-10,13,21H,6-7,11-12H2,1-5H3,(H2,19,20,22). The summed E-state index contributed by atoms with van der Waals surface area (Å²) in [5.74, 6) is 0. The number of hydrogen-bond donors (Lipinski definition) is 3. The molecule has 2 amide bonds. The molecule has 0 aliphatic carbocycles. The Morgan fingerprint density at radius 1 is 1.23 bits per heavy atom. The van der Waals surface area contributed by atoms with Crippen LogP contribution in [0.15, 0.2) is 18.2 Å². The molecule has 0 aromatic heterocycles. The Labute approximate surface area is 134 Å². The van der Waals surface area contributed by atoms with Crippen LogP contribution in [0.25, 0.3) is 0 Å². The van der Waals surface area contributed by atoms with E-state index < -0.39 is 0 Å². The Morgan fingerprint density at radius 2 is 1.77 bits per heavy atom. The van der Waals surface area contributed by atoms with E-state index in [0.29, 0.717) is 13.0 Å². The van der Waals surface area contributed by atoms with Gasteiger partial charge in [0.15, 0.2) is 0 Å². The van der Waals surface area contributed by atoms with Crippen LogP contribution in [0.4, 0.5) is 10.5 Å². The first kappa shape index (κ1) is 18.5. The fourth-order valence-corrected chi connectivity index (χ4v) is 2.75. The maximum absolute atomic E-state index is 12.2. The van der Waals surface area contributed by atoms with Crippen molar-refractivity contribution < 1.29 is 9.90 Å². The van der Waals surface area contributed by atoms with E-state index in [0.717, 1.165) is 29.7 Å². The molecular formula is C18H30N2O2. The van der Waals surface area contributed by atoms with E-state index in [9.17, 15) is 9.90 Å². The molecule has 124 valence electrons. The molecular weight excluding hydrogens is 276 g/mol. The van der Waals surface area contributed by atoms with Gasteiger partial charge >= 0.3 is 6.03 Å². The molecule has 22 heavy (non-hydrogen) atoms. The number of rotatable bonds is 7. The molecule has 4 nitrogen and oxygen atoms in total. The van der Waals surface area contributed by atoms with E-state index in [1.807, 2.05) is 32.0 Å². The third-order valence-corrected chi connectivity index (χ3v) is 3.81. The van der Waals surface area contributed by atoms with Crippen LogP contribution in [0.2, 0.25) is 0 Å². The molecule has 1 atom stereocenters. The lowest BCUT2D eigenvalue weighted by molar-refractivity contribution is 0.129. The van der Waals surface area contributed by atoms with Gasteiger partial charge in [0, 0.05) is 12.2 Å². The van der Waals surface area contributed by atoms with Crippen LogP contribution in [-0.2, 0) is 12.8 Å². The molecule has 0 bridgehead atoms. The third kappa shape index (κ3) is 5.68. The highest BCUT2D eigenvalue weighted by Gasteiger charge is 2.21. The third-order valence-electron chi connectivity index (χ3n) is 3.81. The fraction of sp³-hybridized carbons (Fsp3) is 0.611. The van der Waals surface area contributed by atoms with Crippen LogP contribution in [0.3, 0.4) is 0 Å². The predicted molar refractivity (Wildman–Crippen MR) is 92.3 cm³/mol. The van der Waals surface area contributed by atoms with E-state index in [1.54, 1.807) is 6.92 Å². The summed E-state index contributed by atoms with van der Waals surface area (Å²) in [6.07, 6.45) is 2.06. The minimum atomic E-state index is -0.368. The first-order chi connectivity index (χ1) is 10.3. The molecule has 1 rings (SSSR count). The highest BCUT2D eigenvalue weighted by Crippen LogP contribution is 2.23. The summed E-state index contributed by atoms with van der Waals surface area (Å²) >= 11 is 0. The number of carbonyl (C=O) groups is 1. The second kappa shape index (κ2) is 8.18. The Morgan fingerprint density at radius 3 is 2.23 bits per heavy atom. The van der Waals surface area contributed by atoms with Crippen LogP contribution in [0.5, 0.6) is 0 Å². The number of urea groups is 1. The van der Waals surface area contributed by atoms with Gasteiger partial charge in [-0.1, -0.05) is 45.9 Å². The minimum absolute atomic E-state index is 0.136. The Balaban J connectivity index is 2.70. The summed E-state index contributed by atoms with van der Waals surface area (Å²) < 4.78 is 0. The van der Waals surface area contributed by atoms with Crippen LogP contribution in [-0.4, -0.2) is 23.8 Å². The van der Waals surface area contributed by atoms with Crippen LogP contribution < -0.4 is 10.6 Å². The molecule has 0 radical (unpaired) electrons. The van der Waals surface area contributed by atoms with E-state index in [-0.39, 0.29) is 17.6 Å². The van der Waals surface area contributed by atoms with Gasteiger partial charge in [-0.15, -0.1) is 0 Å². The van der Waals surface area contributed by atoms with Crippen molar-refractivity contribution in [2.75, 3.05) is 11.9 Å². The second-order valence-corrected chi connectivity index (χ2v) is 6.68. The van der Waals surface area contributed by atoms with Gasteiger partial charge in [0.1, 0.15) is 0 Å². The van der Waals surface area contributed by atoms with Gasteiger partial charge in [-0.25, -0.2) is 4.79 Å². The molecule has 1 aromatic rings. The fourth-order valence-electron chi connectivity index (χ4n) is 2.75. The van der Waals surface area contributed by atoms with E-state index in [2.05, 4.69) is 24.5 Å². The van der Waals surface area contributed by atoms with Crippen molar-refractivity contribution in [2.45, 2.75) is 60.0 Å². The van der Waals surface area contributed by atoms with Crippen molar-refractivity contribution >= 4 is 11.7 Å². The summed E-state index contributed by atoms with van der Waals surface area (Å²) in [5.41, 5.74) is 3.09. The van der Waals surface area contributed by atoms with E-state index in [4.69, 9.17) is 0 Å². The number of carbonyl (C=O) groups excluding carboxylic acids is 1. The number of hydrogen-bond acceptors (Lipinski definition) is 2. The van der Waals surface area contributed by atoms with Gasteiger partial charge < -0.3 is 15.7 Å². The average molecular weight is 306 g/mol. The zero-order valence-electron chi connectivity index (χ0n) is 14.5. The largest absolute Gasteiger partial charge is 0.393 e. The Bertz CT molecular complexity index is 474. The Kier molecular flexibility index (Phi) is 6.88. The summed E-state index contributed by atoms with van der Waals surface area (Å²) in [4.78, 5) is 12.2. The van der Waals surface area contributed by atoms with Crippen LogP contribution in [0.1, 0.15) is 52.2 Å².